The van der Waals surface area contributed by atoms with Crippen LogP contribution in [0.2, 0.25) is 0 Å². The molecule has 0 spiro atoms. The van der Waals surface area contributed by atoms with Crippen molar-refractivity contribution in [1.29, 1.82) is 0 Å². The summed E-state index contributed by atoms with van der Waals surface area (Å²) < 4.78 is 5.34. The number of hydrogen-bond donors (Lipinski definition) is 1. The number of carbonyl (C=O) groups is 1. The molecule has 1 saturated heterocycles. The fourth-order valence-corrected chi connectivity index (χ4v) is 4.00. The molecule has 0 bridgehead atoms. The van der Waals surface area contributed by atoms with E-state index in [9.17, 15) is 4.79 Å². The highest BCUT2D eigenvalue weighted by atomic mass is 16.5. The topological polar surface area (TPSA) is 57.7 Å². The first-order valence-corrected chi connectivity index (χ1v) is 11.0. The van der Waals surface area contributed by atoms with E-state index in [1.54, 1.807) is 13.3 Å². The van der Waals surface area contributed by atoms with Crippen LogP contribution in [0.15, 0.2) is 60.8 Å². The van der Waals surface area contributed by atoms with Crippen molar-refractivity contribution >= 4 is 22.4 Å². The standard InChI is InChI=1S/C25H30N4O2/c1-31-23-10-6-9-22(18-23)29-15-13-28(14-16-29)12-5-4-11-26-25(30)24-17-20-7-2-3-8-21(20)19-27-24/h2-3,6-10,17-19H,4-5,11-16H2,1H3,(H,26,30). The number of unbranched alkanes of at least 4 members (excludes halogenated alkanes) is 1. The van der Waals surface area contributed by atoms with Gasteiger partial charge >= 0.3 is 0 Å². The summed E-state index contributed by atoms with van der Waals surface area (Å²) in [7, 11) is 1.71. The van der Waals surface area contributed by atoms with Crippen LogP contribution in [-0.4, -0.2) is 62.2 Å². The molecular formula is C25H30N4O2. The Morgan fingerprint density at radius 2 is 1.81 bits per heavy atom. The maximum Gasteiger partial charge on any atom is 0.269 e. The van der Waals surface area contributed by atoms with Crippen molar-refractivity contribution in [2.45, 2.75) is 12.8 Å². The number of aromatic nitrogens is 1. The van der Waals surface area contributed by atoms with Gasteiger partial charge in [0.15, 0.2) is 0 Å². The predicted octanol–water partition coefficient (Wildman–Crippen LogP) is 3.58. The monoisotopic (exact) mass is 418 g/mol. The van der Waals surface area contributed by atoms with Crippen LogP contribution in [-0.2, 0) is 0 Å². The summed E-state index contributed by atoms with van der Waals surface area (Å²) in [6.07, 6.45) is 3.80. The van der Waals surface area contributed by atoms with E-state index in [4.69, 9.17) is 4.74 Å². The van der Waals surface area contributed by atoms with Gasteiger partial charge in [-0.05, 0) is 43.0 Å². The van der Waals surface area contributed by atoms with Gasteiger partial charge in [0.05, 0.1) is 7.11 Å². The van der Waals surface area contributed by atoms with Gasteiger partial charge in [0.25, 0.3) is 5.91 Å². The van der Waals surface area contributed by atoms with E-state index in [1.165, 1.54) is 5.69 Å². The van der Waals surface area contributed by atoms with Crippen molar-refractivity contribution in [3.05, 3.63) is 66.5 Å². The molecule has 1 amide bonds. The maximum absolute atomic E-state index is 12.4. The zero-order chi connectivity index (χ0) is 21.5. The number of rotatable bonds is 8. The number of fused-ring (bicyclic) bond motifs is 1. The largest absolute Gasteiger partial charge is 0.497 e. The van der Waals surface area contributed by atoms with Crippen LogP contribution >= 0.6 is 0 Å². The average molecular weight is 419 g/mol. The van der Waals surface area contributed by atoms with Gasteiger partial charge < -0.3 is 15.0 Å². The van der Waals surface area contributed by atoms with E-state index in [0.29, 0.717) is 12.2 Å². The average Bonchev–Trinajstić information content (AvgIpc) is 2.84. The molecule has 0 unspecified atom stereocenters. The van der Waals surface area contributed by atoms with Gasteiger partial charge in [-0.25, -0.2) is 0 Å². The second kappa shape index (κ2) is 10.3. The Bertz CT molecular complexity index is 1020. The molecule has 0 aliphatic carbocycles. The molecule has 3 aromatic rings. The first kappa shape index (κ1) is 21.1. The minimum Gasteiger partial charge on any atom is -0.497 e. The van der Waals surface area contributed by atoms with E-state index in [2.05, 4.69) is 32.2 Å². The number of benzene rings is 2. The van der Waals surface area contributed by atoms with E-state index in [1.807, 2.05) is 42.5 Å². The number of piperazine rings is 1. The number of anilines is 1. The Morgan fingerprint density at radius 3 is 2.61 bits per heavy atom. The predicted molar refractivity (Wildman–Crippen MR) is 125 cm³/mol. The normalized spacial score (nSPS) is 14.5. The van der Waals surface area contributed by atoms with Crippen molar-refractivity contribution in [2.24, 2.45) is 0 Å². The minimum atomic E-state index is -0.0994. The second-order valence-electron chi connectivity index (χ2n) is 7.91. The number of nitrogens with zero attached hydrogens (tertiary/aromatic N) is 3. The quantitative estimate of drug-likeness (QED) is 0.567. The van der Waals surface area contributed by atoms with Gasteiger partial charge in [-0.15, -0.1) is 0 Å². The van der Waals surface area contributed by atoms with E-state index in [-0.39, 0.29) is 5.91 Å². The van der Waals surface area contributed by atoms with Crippen LogP contribution in [0.5, 0.6) is 5.75 Å². The summed E-state index contributed by atoms with van der Waals surface area (Å²) in [6.45, 7) is 5.91. The molecule has 2 heterocycles. The molecule has 6 nitrogen and oxygen atoms in total. The summed E-state index contributed by atoms with van der Waals surface area (Å²) in [5.41, 5.74) is 1.70. The van der Waals surface area contributed by atoms with Crippen LogP contribution in [0.25, 0.3) is 10.8 Å². The summed E-state index contributed by atoms with van der Waals surface area (Å²) in [6, 6.07) is 18.1. The number of nitrogens with one attached hydrogen (secondary N) is 1. The molecule has 4 rings (SSSR count). The third-order valence-corrected chi connectivity index (χ3v) is 5.84. The van der Waals surface area contributed by atoms with Crippen LogP contribution in [0.1, 0.15) is 23.3 Å². The molecule has 1 aromatic heterocycles. The highest BCUT2D eigenvalue weighted by Gasteiger charge is 2.17. The van der Waals surface area contributed by atoms with Gasteiger partial charge in [0.2, 0.25) is 0 Å². The molecule has 0 radical (unpaired) electrons. The van der Waals surface area contributed by atoms with Crippen LogP contribution in [0.4, 0.5) is 5.69 Å². The number of carbonyl (C=O) groups excluding carboxylic acids is 1. The Labute approximate surface area is 183 Å². The third kappa shape index (κ3) is 5.52. The van der Waals surface area contributed by atoms with Crippen LogP contribution in [0.3, 0.4) is 0 Å². The lowest BCUT2D eigenvalue weighted by molar-refractivity contribution is 0.0947. The summed E-state index contributed by atoms with van der Waals surface area (Å²) >= 11 is 0. The van der Waals surface area contributed by atoms with Gasteiger partial charge in [-0.1, -0.05) is 30.3 Å². The number of hydrogen-bond acceptors (Lipinski definition) is 5. The SMILES string of the molecule is COc1cccc(N2CCN(CCCCNC(=O)c3cc4ccccc4cn3)CC2)c1. The van der Waals surface area contributed by atoms with Crippen molar-refractivity contribution in [3.63, 3.8) is 0 Å². The summed E-state index contributed by atoms with van der Waals surface area (Å²) in [5.74, 6) is 0.804. The molecule has 6 heteroatoms. The van der Waals surface area contributed by atoms with E-state index >= 15 is 0 Å². The Balaban J connectivity index is 1.15. The number of ether oxygens (including phenoxy) is 1. The molecule has 1 fully saturated rings. The Hall–Kier alpha value is -3.12. The Kier molecular flexibility index (Phi) is 6.99. The van der Waals surface area contributed by atoms with Gasteiger partial charge in [0, 0.05) is 56.1 Å². The smallest absolute Gasteiger partial charge is 0.269 e. The number of amides is 1. The Morgan fingerprint density at radius 1 is 1.00 bits per heavy atom. The third-order valence-electron chi connectivity index (χ3n) is 5.84. The van der Waals surface area contributed by atoms with Gasteiger partial charge in [-0.3, -0.25) is 14.7 Å². The molecule has 0 atom stereocenters. The fourth-order valence-electron chi connectivity index (χ4n) is 4.00. The van der Waals surface area contributed by atoms with Crippen molar-refractivity contribution in [1.82, 2.24) is 15.2 Å². The molecule has 162 valence electrons. The minimum absolute atomic E-state index is 0.0994. The molecule has 1 aliphatic rings. The van der Waals surface area contributed by atoms with Crippen molar-refractivity contribution in [3.8, 4) is 5.75 Å². The molecule has 1 aliphatic heterocycles. The first-order chi connectivity index (χ1) is 15.2. The summed E-state index contributed by atoms with van der Waals surface area (Å²) in [5, 5.41) is 5.09. The zero-order valence-electron chi connectivity index (χ0n) is 18.1. The van der Waals surface area contributed by atoms with Gasteiger partial charge in [-0.2, -0.15) is 0 Å². The first-order valence-electron chi connectivity index (χ1n) is 11.0. The lowest BCUT2D eigenvalue weighted by Gasteiger charge is -2.36. The molecule has 2 aromatic carbocycles. The zero-order valence-corrected chi connectivity index (χ0v) is 18.1. The number of pyridine rings is 1. The van der Waals surface area contributed by atoms with Crippen molar-refractivity contribution in [2.75, 3.05) is 51.3 Å². The molecule has 1 N–H and O–H groups in total. The highest BCUT2D eigenvalue weighted by molar-refractivity contribution is 5.96. The fraction of sp³-hybridized carbons (Fsp3) is 0.360. The molecule has 31 heavy (non-hydrogen) atoms. The molecule has 0 saturated carbocycles. The molecular weight excluding hydrogens is 388 g/mol. The summed E-state index contributed by atoms with van der Waals surface area (Å²) in [4.78, 5) is 21.6. The van der Waals surface area contributed by atoms with Crippen LogP contribution in [0, 0.1) is 0 Å². The number of methoxy groups -OCH3 is 1. The maximum atomic E-state index is 12.4. The van der Waals surface area contributed by atoms with Gasteiger partial charge in [0.1, 0.15) is 11.4 Å². The van der Waals surface area contributed by atoms with E-state index in [0.717, 1.165) is 62.1 Å². The highest BCUT2D eigenvalue weighted by Crippen LogP contribution is 2.22. The van der Waals surface area contributed by atoms with E-state index < -0.39 is 0 Å². The lowest BCUT2D eigenvalue weighted by Crippen LogP contribution is -2.46. The van der Waals surface area contributed by atoms with Crippen LogP contribution < -0.4 is 15.0 Å². The van der Waals surface area contributed by atoms with Crippen molar-refractivity contribution < 1.29 is 9.53 Å². The second-order valence-corrected chi connectivity index (χ2v) is 7.91. The lowest BCUT2D eigenvalue weighted by atomic mass is 10.1.